The molecule has 1 unspecified atom stereocenters. The van der Waals surface area contributed by atoms with Crippen LogP contribution in [-0.4, -0.2) is 39.5 Å². The number of imidazole rings is 1. The molecule has 8 nitrogen and oxygen atoms in total. The fourth-order valence-electron chi connectivity index (χ4n) is 2.52. The number of amides is 1. The van der Waals surface area contributed by atoms with E-state index in [-0.39, 0.29) is 11.7 Å². The van der Waals surface area contributed by atoms with Crippen LogP contribution in [0.5, 0.6) is 0 Å². The summed E-state index contributed by atoms with van der Waals surface area (Å²) in [5.74, 6) is 0.0583. The second-order valence-corrected chi connectivity index (χ2v) is 6.24. The summed E-state index contributed by atoms with van der Waals surface area (Å²) in [7, 11) is 3.79. The summed E-state index contributed by atoms with van der Waals surface area (Å²) in [5, 5.41) is 3.46. The van der Waals surface area contributed by atoms with Gasteiger partial charge in [-0.15, -0.1) is 0 Å². The summed E-state index contributed by atoms with van der Waals surface area (Å²) < 4.78 is 1.66. The van der Waals surface area contributed by atoms with Gasteiger partial charge in [-0.25, -0.2) is 15.0 Å². The van der Waals surface area contributed by atoms with E-state index in [4.69, 9.17) is 17.3 Å². The number of aromatic nitrogens is 4. The number of benzene rings is 1. The maximum absolute atomic E-state index is 12.7. The van der Waals surface area contributed by atoms with E-state index in [2.05, 4.69) is 20.3 Å². The Balaban J connectivity index is 1.91. The van der Waals surface area contributed by atoms with Gasteiger partial charge in [0.2, 0.25) is 5.91 Å². The number of anilines is 3. The molecule has 0 fully saturated rings. The summed E-state index contributed by atoms with van der Waals surface area (Å²) >= 11 is 6.06. The van der Waals surface area contributed by atoms with Crippen molar-refractivity contribution in [3.8, 4) is 0 Å². The molecule has 25 heavy (non-hydrogen) atoms. The van der Waals surface area contributed by atoms with Crippen molar-refractivity contribution in [3.05, 3.63) is 35.9 Å². The van der Waals surface area contributed by atoms with Gasteiger partial charge < -0.3 is 20.5 Å². The van der Waals surface area contributed by atoms with E-state index in [0.717, 1.165) is 5.69 Å². The molecule has 1 atom stereocenters. The van der Waals surface area contributed by atoms with E-state index in [1.807, 2.05) is 25.1 Å². The Morgan fingerprint density at radius 1 is 1.32 bits per heavy atom. The molecular formula is C16H18ClN7O. The van der Waals surface area contributed by atoms with Crippen LogP contribution < -0.4 is 16.0 Å². The largest absolute Gasteiger partial charge is 0.382 e. The van der Waals surface area contributed by atoms with Crippen LogP contribution in [-0.2, 0) is 4.79 Å². The highest BCUT2D eigenvalue weighted by atomic mass is 35.5. The molecule has 0 radical (unpaired) electrons. The molecule has 0 bridgehead atoms. The van der Waals surface area contributed by atoms with Crippen LogP contribution in [0.3, 0.4) is 0 Å². The van der Waals surface area contributed by atoms with Crippen LogP contribution in [0.2, 0.25) is 5.02 Å². The predicted molar refractivity (Wildman–Crippen MR) is 98.9 cm³/mol. The lowest BCUT2D eigenvalue weighted by Crippen LogP contribution is -2.24. The summed E-state index contributed by atoms with van der Waals surface area (Å²) in [6.45, 7) is 1.76. The van der Waals surface area contributed by atoms with Gasteiger partial charge in [-0.05, 0) is 25.1 Å². The number of nitrogen functional groups attached to an aromatic ring is 1. The van der Waals surface area contributed by atoms with Crippen molar-refractivity contribution in [1.82, 2.24) is 19.5 Å². The number of carbonyl (C=O) groups excluding carboxylic acids is 1. The van der Waals surface area contributed by atoms with E-state index < -0.39 is 6.04 Å². The van der Waals surface area contributed by atoms with Crippen LogP contribution >= 0.6 is 11.6 Å². The van der Waals surface area contributed by atoms with Crippen molar-refractivity contribution >= 4 is 45.9 Å². The number of halogens is 1. The van der Waals surface area contributed by atoms with E-state index >= 15 is 0 Å². The number of nitrogens with one attached hydrogen (secondary N) is 1. The van der Waals surface area contributed by atoms with Crippen molar-refractivity contribution in [2.75, 3.05) is 30.0 Å². The fraction of sp³-hybridized carbons (Fsp3) is 0.250. The summed E-state index contributed by atoms with van der Waals surface area (Å²) in [6.07, 6.45) is 2.88. The molecular weight excluding hydrogens is 342 g/mol. The lowest BCUT2D eigenvalue weighted by molar-refractivity contribution is -0.118. The molecule has 1 amide bonds. The van der Waals surface area contributed by atoms with E-state index in [1.165, 1.54) is 12.7 Å². The highest BCUT2D eigenvalue weighted by Gasteiger charge is 2.20. The smallest absolute Gasteiger partial charge is 0.247 e. The van der Waals surface area contributed by atoms with Crippen molar-refractivity contribution in [2.45, 2.75) is 13.0 Å². The Morgan fingerprint density at radius 3 is 2.80 bits per heavy atom. The minimum Gasteiger partial charge on any atom is -0.382 e. The molecule has 2 heterocycles. The van der Waals surface area contributed by atoms with Gasteiger partial charge in [0.25, 0.3) is 0 Å². The SMILES string of the molecule is CC(C(=O)Nc1cc(Cl)ccc1N(C)C)n1cnc2c(N)ncnc21. The Hall–Kier alpha value is -2.87. The summed E-state index contributed by atoms with van der Waals surface area (Å²) in [5.41, 5.74) is 8.26. The first-order valence-electron chi connectivity index (χ1n) is 7.59. The Kier molecular flexibility index (Phi) is 4.45. The molecule has 0 aliphatic heterocycles. The van der Waals surface area contributed by atoms with Crippen LogP contribution in [0.25, 0.3) is 11.2 Å². The minimum atomic E-state index is -0.548. The third-order valence-corrected chi connectivity index (χ3v) is 4.12. The van der Waals surface area contributed by atoms with Gasteiger partial charge >= 0.3 is 0 Å². The lowest BCUT2D eigenvalue weighted by atomic mass is 10.2. The molecule has 0 spiro atoms. The number of rotatable bonds is 4. The molecule has 2 aromatic heterocycles. The van der Waals surface area contributed by atoms with Crippen molar-refractivity contribution in [3.63, 3.8) is 0 Å². The minimum absolute atomic E-state index is 0.221. The molecule has 0 aliphatic rings. The van der Waals surface area contributed by atoms with Crippen LogP contribution in [0.4, 0.5) is 17.2 Å². The maximum Gasteiger partial charge on any atom is 0.247 e. The average Bonchev–Trinajstić information content (AvgIpc) is 2.99. The van der Waals surface area contributed by atoms with Crippen molar-refractivity contribution in [2.24, 2.45) is 0 Å². The van der Waals surface area contributed by atoms with Gasteiger partial charge in [-0.1, -0.05) is 11.6 Å². The standard InChI is InChI=1S/C16H18ClN7O/c1-9(24-8-21-13-14(18)19-7-20-15(13)24)16(25)22-11-6-10(17)4-5-12(11)23(2)3/h4-9H,1-3H3,(H,22,25)(H2,18,19,20). The van der Waals surface area contributed by atoms with Crippen LogP contribution in [0.1, 0.15) is 13.0 Å². The van der Waals surface area contributed by atoms with Gasteiger partial charge in [0, 0.05) is 19.1 Å². The molecule has 130 valence electrons. The number of hydrogen-bond acceptors (Lipinski definition) is 6. The lowest BCUT2D eigenvalue weighted by Gasteiger charge is -2.20. The van der Waals surface area contributed by atoms with Crippen molar-refractivity contribution in [1.29, 1.82) is 0 Å². The molecule has 9 heteroatoms. The number of nitrogens with two attached hydrogens (primary N) is 1. The monoisotopic (exact) mass is 359 g/mol. The van der Waals surface area contributed by atoms with Gasteiger partial charge in [-0.2, -0.15) is 0 Å². The normalized spacial score (nSPS) is 12.2. The van der Waals surface area contributed by atoms with Gasteiger partial charge in [-0.3, -0.25) is 4.79 Å². The summed E-state index contributed by atoms with van der Waals surface area (Å²) in [6, 6.07) is 4.80. The highest BCUT2D eigenvalue weighted by Crippen LogP contribution is 2.29. The quantitative estimate of drug-likeness (QED) is 0.741. The predicted octanol–water partition coefficient (Wildman–Crippen LogP) is 2.33. The van der Waals surface area contributed by atoms with Gasteiger partial charge in [0.1, 0.15) is 17.9 Å². The second-order valence-electron chi connectivity index (χ2n) is 5.80. The molecule has 3 N–H and O–H groups in total. The number of nitrogens with zero attached hydrogens (tertiary/aromatic N) is 5. The Labute approximate surface area is 149 Å². The average molecular weight is 360 g/mol. The zero-order chi connectivity index (χ0) is 18.1. The third kappa shape index (κ3) is 3.20. The topological polar surface area (TPSA) is 102 Å². The number of hydrogen-bond donors (Lipinski definition) is 2. The summed E-state index contributed by atoms with van der Waals surface area (Å²) in [4.78, 5) is 26.9. The van der Waals surface area contributed by atoms with Gasteiger partial charge in [0.15, 0.2) is 11.5 Å². The second kappa shape index (κ2) is 6.56. The molecule has 3 aromatic rings. The number of fused-ring (bicyclic) bond motifs is 1. The Bertz CT molecular complexity index is 937. The maximum atomic E-state index is 12.7. The first-order chi connectivity index (χ1) is 11.9. The molecule has 1 aromatic carbocycles. The molecule has 3 rings (SSSR count). The zero-order valence-electron chi connectivity index (χ0n) is 14.1. The Morgan fingerprint density at radius 2 is 2.08 bits per heavy atom. The first kappa shape index (κ1) is 17.0. The van der Waals surface area contributed by atoms with E-state index in [0.29, 0.717) is 21.9 Å². The third-order valence-electron chi connectivity index (χ3n) is 3.88. The van der Waals surface area contributed by atoms with Gasteiger partial charge in [0.05, 0.1) is 17.7 Å². The van der Waals surface area contributed by atoms with Crippen LogP contribution in [0, 0.1) is 0 Å². The molecule has 0 aliphatic carbocycles. The first-order valence-corrected chi connectivity index (χ1v) is 7.97. The zero-order valence-corrected chi connectivity index (χ0v) is 14.8. The van der Waals surface area contributed by atoms with E-state index in [1.54, 1.807) is 23.6 Å². The fourth-order valence-corrected chi connectivity index (χ4v) is 2.69. The highest BCUT2D eigenvalue weighted by molar-refractivity contribution is 6.31. The van der Waals surface area contributed by atoms with Crippen LogP contribution in [0.15, 0.2) is 30.9 Å². The van der Waals surface area contributed by atoms with Crippen molar-refractivity contribution < 1.29 is 4.79 Å². The van der Waals surface area contributed by atoms with E-state index in [9.17, 15) is 4.79 Å². The number of carbonyl (C=O) groups is 1. The molecule has 0 saturated heterocycles. The molecule has 0 saturated carbocycles.